The number of benzene rings is 1. The normalized spacial score (nSPS) is 19.9. The molecule has 1 aliphatic carbocycles. The second-order valence-corrected chi connectivity index (χ2v) is 8.63. The monoisotopic (exact) mass is 424 g/mol. The SMILES string of the molecule is COc1cc(C)ccc1Oc1cc(N2CCN(C(=O)C3CCCCC3)C(C)C2)ncn1. The highest BCUT2D eigenvalue weighted by atomic mass is 16.5. The van der Waals surface area contributed by atoms with E-state index in [1.54, 1.807) is 7.11 Å². The summed E-state index contributed by atoms with van der Waals surface area (Å²) in [7, 11) is 1.63. The lowest BCUT2D eigenvalue weighted by molar-refractivity contribution is -0.139. The average molecular weight is 425 g/mol. The van der Waals surface area contributed by atoms with Gasteiger partial charge in [-0.3, -0.25) is 4.79 Å². The summed E-state index contributed by atoms with van der Waals surface area (Å²) in [6, 6.07) is 7.80. The third kappa shape index (κ3) is 4.92. The minimum atomic E-state index is 0.153. The van der Waals surface area contributed by atoms with Gasteiger partial charge in [-0.05, 0) is 44.4 Å². The van der Waals surface area contributed by atoms with Crippen molar-refractivity contribution in [1.29, 1.82) is 0 Å². The van der Waals surface area contributed by atoms with Gasteiger partial charge in [-0.15, -0.1) is 0 Å². The largest absolute Gasteiger partial charge is 0.493 e. The molecule has 2 aromatic rings. The highest BCUT2D eigenvalue weighted by Crippen LogP contribution is 2.32. The molecule has 1 aromatic heterocycles. The second kappa shape index (κ2) is 9.54. The van der Waals surface area contributed by atoms with Crippen molar-refractivity contribution in [3.63, 3.8) is 0 Å². The fraction of sp³-hybridized carbons (Fsp3) is 0.542. The number of methoxy groups -OCH3 is 1. The van der Waals surface area contributed by atoms with Crippen LogP contribution in [0.5, 0.6) is 17.4 Å². The quantitative estimate of drug-likeness (QED) is 0.717. The van der Waals surface area contributed by atoms with Crippen LogP contribution in [0.25, 0.3) is 0 Å². The number of carbonyl (C=O) groups is 1. The van der Waals surface area contributed by atoms with E-state index in [-0.39, 0.29) is 12.0 Å². The van der Waals surface area contributed by atoms with Crippen LogP contribution in [0, 0.1) is 12.8 Å². The van der Waals surface area contributed by atoms with Crippen LogP contribution in [-0.4, -0.2) is 53.6 Å². The van der Waals surface area contributed by atoms with Crippen molar-refractivity contribution in [2.75, 3.05) is 31.6 Å². The van der Waals surface area contributed by atoms with E-state index in [4.69, 9.17) is 9.47 Å². The molecule has 7 nitrogen and oxygen atoms in total. The van der Waals surface area contributed by atoms with Crippen molar-refractivity contribution in [3.05, 3.63) is 36.2 Å². The van der Waals surface area contributed by atoms with E-state index in [1.807, 2.05) is 31.2 Å². The fourth-order valence-corrected chi connectivity index (χ4v) is 4.61. The summed E-state index contributed by atoms with van der Waals surface area (Å²) in [5, 5.41) is 0. The third-order valence-corrected chi connectivity index (χ3v) is 6.35. The Hall–Kier alpha value is -2.83. The number of rotatable bonds is 5. The van der Waals surface area contributed by atoms with Gasteiger partial charge in [-0.1, -0.05) is 25.3 Å². The lowest BCUT2D eigenvalue weighted by atomic mass is 9.88. The maximum atomic E-state index is 13.0. The standard InChI is InChI=1S/C24H32N4O3/c1-17-9-10-20(21(13-17)30-3)31-23-14-22(25-16-26-23)27-11-12-28(18(2)15-27)24(29)19-7-5-4-6-8-19/h9-10,13-14,16,18-19H,4-8,11-12,15H2,1-3H3. The number of ether oxygens (including phenoxy) is 2. The van der Waals surface area contributed by atoms with E-state index in [9.17, 15) is 4.79 Å². The molecule has 1 saturated carbocycles. The molecule has 31 heavy (non-hydrogen) atoms. The number of hydrogen-bond acceptors (Lipinski definition) is 6. The molecule has 0 bridgehead atoms. The number of aryl methyl sites for hydroxylation is 1. The molecule has 2 fully saturated rings. The molecule has 1 atom stereocenters. The van der Waals surface area contributed by atoms with E-state index in [0.29, 0.717) is 23.3 Å². The van der Waals surface area contributed by atoms with Crippen molar-refractivity contribution < 1.29 is 14.3 Å². The molecule has 2 heterocycles. The average Bonchev–Trinajstić information content (AvgIpc) is 2.80. The van der Waals surface area contributed by atoms with Gasteiger partial charge in [0.05, 0.1) is 7.11 Å². The smallest absolute Gasteiger partial charge is 0.226 e. The molecule has 7 heteroatoms. The number of amides is 1. The van der Waals surface area contributed by atoms with Crippen molar-refractivity contribution in [3.8, 4) is 17.4 Å². The lowest BCUT2D eigenvalue weighted by Crippen LogP contribution is -2.55. The van der Waals surface area contributed by atoms with E-state index in [1.165, 1.54) is 25.6 Å². The summed E-state index contributed by atoms with van der Waals surface area (Å²) in [6.45, 7) is 6.37. The molecule has 1 saturated heterocycles. The summed E-state index contributed by atoms with van der Waals surface area (Å²) in [4.78, 5) is 26.0. The Bertz CT molecular complexity index is 913. The number of carbonyl (C=O) groups excluding carboxylic acids is 1. The maximum absolute atomic E-state index is 13.0. The first-order valence-corrected chi connectivity index (χ1v) is 11.2. The zero-order valence-corrected chi connectivity index (χ0v) is 18.7. The Morgan fingerprint density at radius 3 is 2.61 bits per heavy atom. The van der Waals surface area contributed by atoms with Gasteiger partial charge in [0.15, 0.2) is 11.5 Å². The number of nitrogens with zero attached hydrogens (tertiary/aromatic N) is 4. The predicted octanol–water partition coefficient (Wildman–Crippen LogP) is 4.20. The Morgan fingerprint density at radius 1 is 1.06 bits per heavy atom. The van der Waals surface area contributed by atoms with Crippen molar-refractivity contribution in [1.82, 2.24) is 14.9 Å². The highest BCUT2D eigenvalue weighted by Gasteiger charge is 2.32. The van der Waals surface area contributed by atoms with Crippen LogP contribution in [0.15, 0.2) is 30.6 Å². The zero-order valence-electron chi connectivity index (χ0n) is 18.7. The van der Waals surface area contributed by atoms with E-state index < -0.39 is 0 Å². The van der Waals surface area contributed by atoms with Crippen LogP contribution in [0.3, 0.4) is 0 Å². The molecule has 0 spiro atoms. The highest BCUT2D eigenvalue weighted by molar-refractivity contribution is 5.79. The van der Waals surface area contributed by atoms with Crippen molar-refractivity contribution in [2.24, 2.45) is 5.92 Å². The Morgan fingerprint density at radius 2 is 1.87 bits per heavy atom. The molecule has 166 valence electrons. The van der Waals surface area contributed by atoms with Crippen LogP contribution in [-0.2, 0) is 4.79 Å². The van der Waals surface area contributed by atoms with Crippen LogP contribution in [0.4, 0.5) is 5.82 Å². The summed E-state index contributed by atoms with van der Waals surface area (Å²) in [5.74, 6) is 3.13. The molecule has 2 aliphatic rings. The molecular formula is C24H32N4O3. The van der Waals surface area contributed by atoms with Crippen LogP contribution in [0.1, 0.15) is 44.6 Å². The number of anilines is 1. The molecule has 0 radical (unpaired) electrons. The summed E-state index contributed by atoms with van der Waals surface area (Å²) >= 11 is 0. The molecule has 1 unspecified atom stereocenters. The molecule has 1 aliphatic heterocycles. The second-order valence-electron chi connectivity index (χ2n) is 8.63. The first-order valence-electron chi connectivity index (χ1n) is 11.2. The van der Waals surface area contributed by atoms with E-state index >= 15 is 0 Å². The predicted molar refractivity (Wildman–Crippen MR) is 120 cm³/mol. The molecular weight excluding hydrogens is 392 g/mol. The van der Waals surface area contributed by atoms with Gasteiger partial charge in [0, 0.05) is 37.7 Å². The van der Waals surface area contributed by atoms with Gasteiger partial charge in [0.1, 0.15) is 12.1 Å². The topological polar surface area (TPSA) is 67.8 Å². The van der Waals surface area contributed by atoms with E-state index in [0.717, 1.165) is 43.9 Å². The summed E-state index contributed by atoms with van der Waals surface area (Å²) in [6.07, 6.45) is 7.23. The molecule has 1 amide bonds. The summed E-state index contributed by atoms with van der Waals surface area (Å²) < 4.78 is 11.4. The van der Waals surface area contributed by atoms with Gasteiger partial charge in [0.2, 0.25) is 11.8 Å². The molecule has 0 N–H and O–H groups in total. The minimum Gasteiger partial charge on any atom is -0.493 e. The number of aromatic nitrogens is 2. The first-order chi connectivity index (χ1) is 15.0. The van der Waals surface area contributed by atoms with E-state index in [2.05, 4.69) is 26.7 Å². The third-order valence-electron chi connectivity index (χ3n) is 6.35. The number of piperazine rings is 1. The lowest BCUT2D eigenvalue weighted by Gasteiger charge is -2.42. The van der Waals surface area contributed by atoms with Crippen molar-refractivity contribution in [2.45, 2.75) is 52.0 Å². The Kier molecular flexibility index (Phi) is 6.59. The zero-order chi connectivity index (χ0) is 21.8. The van der Waals surface area contributed by atoms with Crippen LogP contribution < -0.4 is 14.4 Å². The maximum Gasteiger partial charge on any atom is 0.226 e. The molecule has 1 aromatic carbocycles. The van der Waals surface area contributed by atoms with Gasteiger partial charge in [0.25, 0.3) is 0 Å². The molecule has 4 rings (SSSR count). The van der Waals surface area contributed by atoms with Crippen molar-refractivity contribution >= 4 is 11.7 Å². The number of hydrogen-bond donors (Lipinski definition) is 0. The van der Waals surface area contributed by atoms with Gasteiger partial charge in [-0.25, -0.2) is 9.97 Å². The Balaban J connectivity index is 1.42. The van der Waals surface area contributed by atoms with Crippen LogP contribution >= 0.6 is 0 Å². The first kappa shape index (κ1) is 21.4. The van der Waals surface area contributed by atoms with Crippen LogP contribution in [0.2, 0.25) is 0 Å². The minimum absolute atomic E-state index is 0.153. The van der Waals surface area contributed by atoms with Gasteiger partial charge < -0.3 is 19.3 Å². The van der Waals surface area contributed by atoms with Gasteiger partial charge in [-0.2, -0.15) is 0 Å². The fourth-order valence-electron chi connectivity index (χ4n) is 4.61. The summed E-state index contributed by atoms with van der Waals surface area (Å²) in [5.41, 5.74) is 1.10. The van der Waals surface area contributed by atoms with Gasteiger partial charge >= 0.3 is 0 Å². The Labute approximate surface area is 184 Å².